The first kappa shape index (κ1) is 13.6. The minimum absolute atomic E-state index is 0.0741. The van der Waals surface area contributed by atoms with Crippen LogP contribution in [-0.4, -0.2) is 28.6 Å². The summed E-state index contributed by atoms with van der Waals surface area (Å²) in [6.07, 6.45) is 0.0741. The van der Waals surface area contributed by atoms with Crippen LogP contribution in [0.3, 0.4) is 0 Å². The van der Waals surface area contributed by atoms with Crippen LogP contribution >= 0.6 is 0 Å². The molecule has 17 heavy (non-hydrogen) atoms. The number of aliphatic carboxylic acids is 1. The number of carboxylic acids is 1. The Morgan fingerprint density at radius 3 is 2.35 bits per heavy atom. The molecule has 0 aliphatic heterocycles. The molecule has 0 spiro atoms. The Morgan fingerprint density at radius 1 is 1.35 bits per heavy atom. The number of carbonyl (C=O) groups is 1. The fourth-order valence-corrected chi connectivity index (χ4v) is 1.58. The molecule has 0 saturated heterocycles. The van der Waals surface area contributed by atoms with Gasteiger partial charge in [0.2, 0.25) is 0 Å². The second-order valence-electron chi connectivity index (χ2n) is 4.87. The highest BCUT2D eigenvalue weighted by atomic mass is 19.1. The van der Waals surface area contributed by atoms with Crippen molar-refractivity contribution in [2.45, 2.75) is 32.4 Å². The molecule has 0 saturated carbocycles. The zero-order chi connectivity index (χ0) is 13.1. The molecule has 0 fully saturated rings. The lowest BCUT2D eigenvalue weighted by atomic mass is 9.98. The van der Waals surface area contributed by atoms with Gasteiger partial charge in [0.25, 0.3) is 0 Å². The van der Waals surface area contributed by atoms with E-state index in [1.54, 1.807) is 12.1 Å². The van der Waals surface area contributed by atoms with Crippen molar-refractivity contribution in [2.24, 2.45) is 0 Å². The highest BCUT2D eigenvalue weighted by Crippen LogP contribution is 2.19. The molecule has 0 atom stereocenters. The Labute approximate surface area is 101 Å². The van der Waals surface area contributed by atoms with Gasteiger partial charge < -0.3 is 5.11 Å². The highest BCUT2D eigenvalue weighted by Gasteiger charge is 2.26. The Kier molecular flexibility index (Phi) is 4.23. The minimum atomic E-state index is -0.819. The van der Waals surface area contributed by atoms with Crippen LogP contribution in [0.4, 0.5) is 4.39 Å². The third-order valence-corrected chi connectivity index (χ3v) is 2.95. The summed E-state index contributed by atoms with van der Waals surface area (Å²) in [4.78, 5) is 12.7. The van der Waals surface area contributed by atoms with Crippen molar-refractivity contribution in [1.29, 1.82) is 0 Å². The molecular weight excluding hydrogens is 221 g/mol. The number of halogens is 1. The maximum Gasteiger partial charge on any atom is 0.305 e. The van der Waals surface area contributed by atoms with E-state index in [4.69, 9.17) is 5.11 Å². The summed E-state index contributed by atoms with van der Waals surface area (Å²) in [5, 5.41) is 8.82. The highest BCUT2D eigenvalue weighted by molar-refractivity contribution is 5.68. The molecule has 0 aromatic heterocycles. The van der Waals surface area contributed by atoms with Crippen molar-refractivity contribution >= 4 is 5.97 Å². The van der Waals surface area contributed by atoms with Gasteiger partial charge in [0.1, 0.15) is 5.82 Å². The van der Waals surface area contributed by atoms with Gasteiger partial charge in [0.05, 0.1) is 6.42 Å². The van der Waals surface area contributed by atoms with E-state index in [1.807, 2.05) is 25.8 Å². The fourth-order valence-electron chi connectivity index (χ4n) is 1.58. The van der Waals surface area contributed by atoms with Crippen LogP contribution in [0.5, 0.6) is 0 Å². The second-order valence-corrected chi connectivity index (χ2v) is 4.87. The first-order chi connectivity index (χ1) is 7.81. The predicted molar refractivity (Wildman–Crippen MR) is 64.2 cm³/mol. The van der Waals surface area contributed by atoms with Crippen molar-refractivity contribution in [1.82, 2.24) is 4.90 Å². The van der Waals surface area contributed by atoms with E-state index in [2.05, 4.69) is 0 Å². The second kappa shape index (κ2) is 5.27. The monoisotopic (exact) mass is 239 g/mol. The normalized spacial score (nSPS) is 11.8. The van der Waals surface area contributed by atoms with Crippen LogP contribution < -0.4 is 0 Å². The largest absolute Gasteiger partial charge is 0.481 e. The molecule has 4 heteroatoms. The van der Waals surface area contributed by atoms with Crippen LogP contribution in [0.2, 0.25) is 0 Å². The van der Waals surface area contributed by atoms with Crippen LogP contribution in [-0.2, 0) is 11.3 Å². The summed E-state index contributed by atoms with van der Waals surface area (Å²) in [5.41, 5.74) is 0.535. The lowest BCUT2D eigenvalue weighted by Crippen LogP contribution is -2.42. The quantitative estimate of drug-likeness (QED) is 0.858. The van der Waals surface area contributed by atoms with Gasteiger partial charge in [0, 0.05) is 12.1 Å². The lowest BCUT2D eigenvalue weighted by molar-refractivity contribution is -0.139. The zero-order valence-electron chi connectivity index (χ0n) is 10.4. The van der Waals surface area contributed by atoms with E-state index >= 15 is 0 Å². The smallest absolute Gasteiger partial charge is 0.305 e. The Morgan fingerprint density at radius 2 is 1.88 bits per heavy atom. The predicted octanol–water partition coefficient (Wildman–Crippen LogP) is 2.51. The molecule has 0 radical (unpaired) electrons. The number of hydrogen-bond donors (Lipinski definition) is 1. The molecule has 1 rings (SSSR count). The Hall–Kier alpha value is -1.42. The van der Waals surface area contributed by atoms with Gasteiger partial charge in [-0.15, -0.1) is 0 Å². The molecule has 1 aromatic carbocycles. The maximum atomic E-state index is 12.7. The van der Waals surface area contributed by atoms with E-state index in [0.29, 0.717) is 6.54 Å². The molecular formula is C13H18FNO2. The third-order valence-electron chi connectivity index (χ3n) is 2.95. The topological polar surface area (TPSA) is 40.5 Å². The zero-order valence-corrected chi connectivity index (χ0v) is 10.4. The minimum Gasteiger partial charge on any atom is -0.481 e. The van der Waals surface area contributed by atoms with Crippen LogP contribution in [0.1, 0.15) is 25.8 Å². The number of benzene rings is 1. The first-order valence-electron chi connectivity index (χ1n) is 5.49. The Balaban J connectivity index is 2.68. The molecule has 0 unspecified atom stereocenters. The van der Waals surface area contributed by atoms with Gasteiger partial charge in [-0.1, -0.05) is 12.1 Å². The summed E-state index contributed by atoms with van der Waals surface area (Å²) in [6.45, 7) is 4.36. The summed E-state index contributed by atoms with van der Waals surface area (Å²) in [5.74, 6) is -1.08. The van der Waals surface area contributed by atoms with Crippen molar-refractivity contribution in [3.63, 3.8) is 0 Å². The fraction of sp³-hybridized carbons (Fsp3) is 0.462. The Bertz CT molecular complexity index is 387. The molecule has 0 aliphatic rings. The van der Waals surface area contributed by atoms with E-state index in [0.717, 1.165) is 5.56 Å². The molecule has 1 N–H and O–H groups in total. The third kappa shape index (κ3) is 4.15. The van der Waals surface area contributed by atoms with Crippen LogP contribution in [0.25, 0.3) is 0 Å². The standard InChI is InChI=1S/C13H18FNO2/c1-13(2,8-12(16)17)15(3)9-10-4-6-11(14)7-5-10/h4-7H,8-9H2,1-3H3,(H,16,17). The van der Waals surface area contributed by atoms with E-state index in [9.17, 15) is 9.18 Å². The first-order valence-corrected chi connectivity index (χ1v) is 5.49. The molecule has 0 heterocycles. The lowest BCUT2D eigenvalue weighted by Gasteiger charge is -2.34. The summed E-state index contributed by atoms with van der Waals surface area (Å²) in [7, 11) is 1.87. The molecule has 3 nitrogen and oxygen atoms in total. The SMILES string of the molecule is CN(Cc1ccc(F)cc1)C(C)(C)CC(=O)O. The average Bonchev–Trinajstić information content (AvgIpc) is 2.19. The van der Waals surface area contributed by atoms with Gasteiger partial charge >= 0.3 is 5.97 Å². The van der Waals surface area contributed by atoms with Gasteiger partial charge in [-0.25, -0.2) is 4.39 Å². The van der Waals surface area contributed by atoms with Gasteiger partial charge in [-0.3, -0.25) is 9.69 Å². The maximum absolute atomic E-state index is 12.7. The van der Waals surface area contributed by atoms with Crippen molar-refractivity contribution in [2.75, 3.05) is 7.05 Å². The average molecular weight is 239 g/mol. The van der Waals surface area contributed by atoms with Crippen molar-refractivity contribution < 1.29 is 14.3 Å². The van der Waals surface area contributed by atoms with Crippen LogP contribution in [0, 0.1) is 5.82 Å². The molecule has 0 bridgehead atoms. The van der Waals surface area contributed by atoms with Gasteiger partial charge in [0.15, 0.2) is 0 Å². The van der Waals surface area contributed by atoms with Crippen molar-refractivity contribution in [3.8, 4) is 0 Å². The molecule has 0 amide bonds. The number of rotatable bonds is 5. The van der Waals surface area contributed by atoms with Crippen molar-refractivity contribution in [3.05, 3.63) is 35.6 Å². The molecule has 1 aromatic rings. The van der Waals surface area contributed by atoms with E-state index in [-0.39, 0.29) is 12.2 Å². The molecule has 0 aliphatic carbocycles. The molecule has 94 valence electrons. The summed E-state index contributed by atoms with van der Waals surface area (Å²) < 4.78 is 12.7. The van der Waals surface area contributed by atoms with E-state index in [1.165, 1.54) is 12.1 Å². The van der Waals surface area contributed by atoms with E-state index < -0.39 is 11.5 Å². The number of hydrogen-bond acceptors (Lipinski definition) is 2. The van der Waals surface area contributed by atoms with Crippen LogP contribution in [0.15, 0.2) is 24.3 Å². The number of nitrogens with zero attached hydrogens (tertiary/aromatic N) is 1. The number of carboxylic acid groups (broad SMARTS) is 1. The van der Waals surface area contributed by atoms with Gasteiger partial charge in [-0.2, -0.15) is 0 Å². The van der Waals surface area contributed by atoms with Gasteiger partial charge in [-0.05, 0) is 38.6 Å². The summed E-state index contributed by atoms with van der Waals surface area (Å²) >= 11 is 0. The summed E-state index contributed by atoms with van der Waals surface area (Å²) in [6, 6.07) is 6.24.